The van der Waals surface area contributed by atoms with Crippen molar-refractivity contribution in [1.82, 2.24) is 5.32 Å². The highest BCUT2D eigenvalue weighted by Gasteiger charge is 2.09. The number of benzene rings is 1. The van der Waals surface area contributed by atoms with Gasteiger partial charge < -0.3 is 11.1 Å². The monoisotopic (exact) mass is 262 g/mol. The number of rotatable bonds is 8. The largest absolute Gasteiger partial charge is 0.352 e. The lowest BCUT2D eigenvalue weighted by molar-refractivity contribution is 0.0946. The first-order chi connectivity index (χ1) is 9.21. The lowest BCUT2D eigenvalue weighted by atomic mass is 9.99. The second kappa shape index (κ2) is 8.70. The molecular formula is C16H26N2O. The first-order valence-electron chi connectivity index (χ1n) is 7.28. The highest BCUT2D eigenvalue weighted by atomic mass is 16.1. The Morgan fingerprint density at radius 3 is 2.47 bits per heavy atom. The van der Waals surface area contributed by atoms with Gasteiger partial charge in [-0.1, -0.05) is 45.2 Å². The maximum atomic E-state index is 12.0. The van der Waals surface area contributed by atoms with Crippen LogP contribution < -0.4 is 11.1 Å². The third kappa shape index (κ3) is 5.43. The van der Waals surface area contributed by atoms with Gasteiger partial charge in [-0.25, -0.2) is 0 Å². The molecule has 0 spiro atoms. The summed E-state index contributed by atoms with van der Waals surface area (Å²) in [5, 5.41) is 3.03. The summed E-state index contributed by atoms with van der Waals surface area (Å²) in [7, 11) is 0. The van der Waals surface area contributed by atoms with Gasteiger partial charge in [-0.2, -0.15) is 0 Å². The zero-order valence-corrected chi connectivity index (χ0v) is 12.1. The number of amides is 1. The normalized spacial score (nSPS) is 12.2. The van der Waals surface area contributed by atoms with Crippen molar-refractivity contribution in [3.63, 3.8) is 0 Å². The van der Waals surface area contributed by atoms with Crippen LogP contribution in [0.3, 0.4) is 0 Å². The molecule has 1 amide bonds. The molecule has 106 valence electrons. The maximum absolute atomic E-state index is 12.0. The average Bonchev–Trinajstić information content (AvgIpc) is 2.47. The van der Waals surface area contributed by atoms with Crippen molar-refractivity contribution in [2.45, 2.75) is 46.1 Å². The molecule has 0 aliphatic heterocycles. The van der Waals surface area contributed by atoms with Crippen molar-refractivity contribution in [1.29, 1.82) is 0 Å². The SMILES string of the molecule is CCCCC(CC)CNC(=O)c1ccc(CN)cc1. The van der Waals surface area contributed by atoms with Crippen molar-refractivity contribution in [3.8, 4) is 0 Å². The lowest BCUT2D eigenvalue weighted by Crippen LogP contribution is -2.29. The third-order valence-electron chi connectivity index (χ3n) is 3.55. The fraction of sp³-hybridized carbons (Fsp3) is 0.562. The van der Waals surface area contributed by atoms with Gasteiger partial charge in [-0.15, -0.1) is 0 Å². The molecule has 0 fully saturated rings. The van der Waals surface area contributed by atoms with Gasteiger partial charge in [-0.3, -0.25) is 4.79 Å². The van der Waals surface area contributed by atoms with Crippen LogP contribution >= 0.6 is 0 Å². The minimum absolute atomic E-state index is 0.0125. The topological polar surface area (TPSA) is 55.1 Å². The van der Waals surface area contributed by atoms with E-state index in [4.69, 9.17) is 5.73 Å². The van der Waals surface area contributed by atoms with Gasteiger partial charge in [0.2, 0.25) is 0 Å². The molecule has 0 bridgehead atoms. The highest BCUT2D eigenvalue weighted by Crippen LogP contribution is 2.11. The van der Waals surface area contributed by atoms with Crippen molar-refractivity contribution in [2.75, 3.05) is 6.54 Å². The number of unbranched alkanes of at least 4 members (excludes halogenated alkanes) is 1. The molecule has 1 rings (SSSR count). The zero-order chi connectivity index (χ0) is 14.1. The smallest absolute Gasteiger partial charge is 0.251 e. The number of nitrogens with two attached hydrogens (primary N) is 1. The molecular weight excluding hydrogens is 236 g/mol. The predicted octanol–water partition coefficient (Wildman–Crippen LogP) is 3.09. The maximum Gasteiger partial charge on any atom is 0.251 e. The fourth-order valence-corrected chi connectivity index (χ4v) is 2.07. The van der Waals surface area contributed by atoms with E-state index in [0.717, 1.165) is 18.5 Å². The van der Waals surface area contributed by atoms with Gasteiger partial charge in [0.25, 0.3) is 5.91 Å². The zero-order valence-electron chi connectivity index (χ0n) is 12.1. The van der Waals surface area contributed by atoms with Crippen molar-refractivity contribution in [2.24, 2.45) is 11.7 Å². The number of nitrogens with one attached hydrogen (secondary N) is 1. The van der Waals surface area contributed by atoms with E-state index in [1.807, 2.05) is 24.3 Å². The Bertz CT molecular complexity index is 373. The van der Waals surface area contributed by atoms with E-state index in [2.05, 4.69) is 19.2 Å². The summed E-state index contributed by atoms with van der Waals surface area (Å²) in [6.45, 7) is 5.66. The molecule has 3 nitrogen and oxygen atoms in total. The van der Waals surface area contributed by atoms with Crippen LogP contribution in [0, 0.1) is 5.92 Å². The van der Waals surface area contributed by atoms with E-state index >= 15 is 0 Å². The summed E-state index contributed by atoms with van der Waals surface area (Å²) >= 11 is 0. The van der Waals surface area contributed by atoms with E-state index in [-0.39, 0.29) is 5.91 Å². The number of carbonyl (C=O) groups excluding carboxylic acids is 1. The summed E-state index contributed by atoms with van der Waals surface area (Å²) in [6.07, 6.45) is 4.76. The van der Waals surface area contributed by atoms with Gasteiger partial charge in [0, 0.05) is 18.7 Å². The summed E-state index contributed by atoms with van der Waals surface area (Å²) in [5.41, 5.74) is 7.30. The van der Waals surface area contributed by atoms with Gasteiger partial charge in [-0.05, 0) is 30.0 Å². The summed E-state index contributed by atoms with van der Waals surface area (Å²) < 4.78 is 0. The Morgan fingerprint density at radius 2 is 1.95 bits per heavy atom. The number of carbonyl (C=O) groups is 1. The van der Waals surface area contributed by atoms with E-state index in [9.17, 15) is 4.79 Å². The van der Waals surface area contributed by atoms with Crippen LogP contribution in [0.1, 0.15) is 55.5 Å². The minimum Gasteiger partial charge on any atom is -0.352 e. The number of hydrogen-bond acceptors (Lipinski definition) is 2. The van der Waals surface area contributed by atoms with Crippen molar-refractivity contribution < 1.29 is 4.79 Å². The Kier molecular flexibility index (Phi) is 7.19. The molecule has 3 N–H and O–H groups in total. The molecule has 0 saturated heterocycles. The van der Waals surface area contributed by atoms with Crippen molar-refractivity contribution >= 4 is 5.91 Å². The first-order valence-corrected chi connectivity index (χ1v) is 7.28. The molecule has 19 heavy (non-hydrogen) atoms. The van der Waals surface area contributed by atoms with Crippen LogP contribution in [0.2, 0.25) is 0 Å². The molecule has 0 aromatic heterocycles. The molecule has 0 saturated carbocycles. The van der Waals surface area contributed by atoms with E-state index < -0.39 is 0 Å². The predicted molar refractivity (Wildman–Crippen MR) is 80.0 cm³/mol. The van der Waals surface area contributed by atoms with Crippen LogP contribution in [0.4, 0.5) is 0 Å². The summed E-state index contributed by atoms with van der Waals surface area (Å²) in [5.74, 6) is 0.603. The van der Waals surface area contributed by atoms with Crippen LogP contribution in [-0.4, -0.2) is 12.5 Å². The van der Waals surface area contributed by atoms with Crippen LogP contribution in [0.25, 0.3) is 0 Å². The minimum atomic E-state index is 0.0125. The molecule has 1 aromatic carbocycles. The third-order valence-corrected chi connectivity index (χ3v) is 3.55. The quantitative estimate of drug-likeness (QED) is 0.756. The van der Waals surface area contributed by atoms with Crippen LogP contribution in [-0.2, 0) is 6.54 Å². The molecule has 1 atom stereocenters. The van der Waals surface area contributed by atoms with Gasteiger partial charge in [0.15, 0.2) is 0 Å². The Balaban J connectivity index is 2.44. The molecule has 0 aliphatic rings. The average molecular weight is 262 g/mol. The van der Waals surface area contributed by atoms with Gasteiger partial charge >= 0.3 is 0 Å². The molecule has 0 aliphatic carbocycles. The molecule has 1 aromatic rings. The molecule has 1 unspecified atom stereocenters. The second-order valence-electron chi connectivity index (χ2n) is 5.03. The van der Waals surface area contributed by atoms with Crippen molar-refractivity contribution in [3.05, 3.63) is 35.4 Å². The number of hydrogen-bond donors (Lipinski definition) is 2. The summed E-state index contributed by atoms with van der Waals surface area (Å²) in [4.78, 5) is 12.0. The summed E-state index contributed by atoms with van der Waals surface area (Å²) in [6, 6.07) is 7.49. The molecule has 3 heteroatoms. The Morgan fingerprint density at radius 1 is 1.26 bits per heavy atom. The lowest BCUT2D eigenvalue weighted by Gasteiger charge is -2.15. The van der Waals surface area contributed by atoms with E-state index in [1.54, 1.807) is 0 Å². The van der Waals surface area contributed by atoms with Crippen LogP contribution in [0.5, 0.6) is 0 Å². The van der Waals surface area contributed by atoms with E-state index in [1.165, 1.54) is 19.3 Å². The van der Waals surface area contributed by atoms with Gasteiger partial charge in [0.05, 0.1) is 0 Å². The molecule has 0 radical (unpaired) electrons. The van der Waals surface area contributed by atoms with Crippen LogP contribution in [0.15, 0.2) is 24.3 Å². The second-order valence-corrected chi connectivity index (χ2v) is 5.03. The Hall–Kier alpha value is -1.35. The van der Waals surface area contributed by atoms with Gasteiger partial charge in [0.1, 0.15) is 0 Å². The van der Waals surface area contributed by atoms with E-state index in [0.29, 0.717) is 18.0 Å². The fourth-order valence-electron chi connectivity index (χ4n) is 2.07. The highest BCUT2D eigenvalue weighted by molar-refractivity contribution is 5.94. The Labute approximate surface area is 116 Å². The molecule has 0 heterocycles. The first kappa shape index (κ1) is 15.7. The standard InChI is InChI=1S/C16H26N2O/c1-3-5-6-13(4-2)12-18-16(19)15-9-7-14(11-17)8-10-15/h7-10,13H,3-6,11-12,17H2,1-2H3,(H,18,19).